The second-order valence-corrected chi connectivity index (χ2v) is 9.35. The minimum absolute atomic E-state index is 0.103. The highest BCUT2D eigenvalue weighted by Gasteiger charge is 2.31. The summed E-state index contributed by atoms with van der Waals surface area (Å²) in [4.78, 5) is 13.7. The molecule has 1 saturated heterocycles. The average molecular weight is 547 g/mol. The number of likely N-dealkylation sites (tertiary alicyclic amines) is 1. The van der Waals surface area contributed by atoms with Gasteiger partial charge in [0.15, 0.2) is 0 Å². The van der Waals surface area contributed by atoms with Crippen molar-refractivity contribution < 1.29 is 31.8 Å². The van der Waals surface area contributed by atoms with E-state index in [9.17, 15) is 22.4 Å². The summed E-state index contributed by atoms with van der Waals surface area (Å²) in [7, 11) is 4.58. The number of nitrogens with zero attached hydrogens (tertiary/aromatic N) is 2. The zero-order valence-corrected chi connectivity index (χ0v) is 21.9. The van der Waals surface area contributed by atoms with Gasteiger partial charge in [-0.1, -0.05) is 12.0 Å². The smallest absolute Gasteiger partial charge is 0.406 e. The van der Waals surface area contributed by atoms with Crippen LogP contribution in [0.2, 0.25) is 0 Å². The first-order valence-corrected chi connectivity index (χ1v) is 12.4. The van der Waals surface area contributed by atoms with Crippen LogP contribution in [-0.2, 0) is 11.3 Å². The number of hydrogen-bond acceptors (Lipinski definition) is 6. The number of aromatic nitrogens is 1. The number of esters is 1. The first kappa shape index (κ1) is 28.1. The van der Waals surface area contributed by atoms with Gasteiger partial charge in [0.25, 0.3) is 0 Å². The third-order valence-electron chi connectivity index (χ3n) is 6.57. The van der Waals surface area contributed by atoms with Crippen molar-refractivity contribution in [3.63, 3.8) is 0 Å². The van der Waals surface area contributed by atoms with Crippen LogP contribution in [0.3, 0.4) is 0 Å². The standard InChI is InChI=1S/C28H30F4N4O3/c1-35-13-11-23(21(29)16-35)34-22-7-4-8-25-20(22)15-19(36(25)17-28(30,31)32)6-5-12-33-24-10-9-18(27(37)39-3)14-26(24)38-2/h4,7-10,14-15,21,23,33-34H,11-13,16-17H2,1-3H3/t21-,23-/m1/s1. The van der Waals surface area contributed by atoms with Crippen LogP contribution in [0.25, 0.3) is 10.9 Å². The molecule has 4 rings (SSSR count). The van der Waals surface area contributed by atoms with Gasteiger partial charge in [-0.3, -0.25) is 0 Å². The molecule has 0 radical (unpaired) electrons. The molecular weight excluding hydrogens is 516 g/mol. The number of carbonyl (C=O) groups is 1. The average Bonchev–Trinajstić information content (AvgIpc) is 3.24. The summed E-state index contributed by atoms with van der Waals surface area (Å²) in [5, 5.41) is 6.81. The molecule has 208 valence electrons. The van der Waals surface area contributed by atoms with Gasteiger partial charge in [0, 0.05) is 24.2 Å². The second kappa shape index (κ2) is 11.9. The van der Waals surface area contributed by atoms with E-state index in [1.807, 2.05) is 11.9 Å². The predicted molar refractivity (Wildman–Crippen MR) is 142 cm³/mol. The van der Waals surface area contributed by atoms with E-state index in [-0.39, 0.29) is 12.2 Å². The number of benzene rings is 2. The first-order chi connectivity index (χ1) is 18.6. The van der Waals surface area contributed by atoms with Crippen LogP contribution in [0, 0.1) is 11.8 Å². The molecule has 1 aliphatic rings. The van der Waals surface area contributed by atoms with E-state index in [1.54, 1.807) is 36.4 Å². The second-order valence-electron chi connectivity index (χ2n) is 9.35. The van der Waals surface area contributed by atoms with E-state index >= 15 is 0 Å². The summed E-state index contributed by atoms with van der Waals surface area (Å²) in [6.07, 6.45) is -4.98. The minimum atomic E-state index is -4.46. The fraction of sp³-hybridized carbons (Fsp3) is 0.393. The van der Waals surface area contributed by atoms with Crippen molar-refractivity contribution in [1.29, 1.82) is 0 Å². The number of alkyl halides is 4. The zero-order valence-electron chi connectivity index (χ0n) is 21.9. The molecule has 1 aliphatic heterocycles. The van der Waals surface area contributed by atoms with E-state index in [2.05, 4.69) is 22.5 Å². The van der Waals surface area contributed by atoms with Gasteiger partial charge < -0.3 is 29.6 Å². The van der Waals surface area contributed by atoms with Crippen LogP contribution < -0.4 is 15.4 Å². The Balaban J connectivity index is 1.59. The Bertz CT molecular complexity index is 1390. The molecule has 0 unspecified atom stereocenters. The van der Waals surface area contributed by atoms with Crippen molar-refractivity contribution in [2.45, 2.75) is 31.4 Å². The maximum Gasteiger partial charge on any atom is 0.406 e. The number of rotatable bonds is 7. The predicted octanol–water partition coefficient (Wildman–Crippen LogP) is 4.92. The van der Waals surface area contributed by atoms with Crippen molar-refractivity contribution in [2.75, 3.05) is 51.5 Å². The van der Waals surface area contributed by atoms with Crippen molar-refractivity contribution in [2.24, 2.45) is 0 Å². The highest BCUT2D eigenvalue weighted by molar-refractivity contribution is 5.94. The number of hydrogen-bond donors (Lipinski definition) is 2. The van der Waals surface area contributed by atoms with E-state index in [0.717, 1.165) is 11.1 Å². The maximum atomic E-state index is 14.7. The third kappa shape index (κ3) is 6.75. The summed E-state index contributed by atoms with van der Waals surface area (Å²) in [5.41, 5.74) is 1.99. The van der Waals surface area contributed by atoms with Gasteiger partial charge in [0.05, 0.1) is 49.3 Å². The highest BCUT2D eigenvalue weighted by Crippen LogP contribution is 2.32. The Kier molecular flexibility index (Phi) is 8.55. The van der Waals surface area contributed by atoms with Gasteiger partial charge >= 0.3 is 12.1 Å². The first-order valence-electron chi connectivity index (χ1n) is 12.4. The Morgan fingerprint density at radius 1 is 1.15 bits per heavy atom. The Hall–Kier alpha value is -3.91. The van der Waals surface area contributed by atoms with E-state index in [1.165, 1.54) is 20.3 Å². The molecule has 0 amide bonds. The molecule has 39 heavy (non-hydrogen) atoms. The topological polar surface area (TPSA) is 67.8 Å². The number of anilines is 2. The summed E-state index contributed by atoms with van der Waals surface area (Å²) >= 11 is 0. The third-order valence-corrected chi connectivity index (χ3v) is 6.57. The number of methoxy groups -OCH3 is 2. The van der Waals surface area contributed by atoms with E-state index in [4.69, 9.17) is 9.47 Å². The van der Waals surface area contributed by atoms with Gasteiger partial charge in [-0.2, -0.15) is 13.2 Å². The van der Waals surface area contributed by atoms with Gasteiger partial charge in [-0.15, -0.1) is 0 Å². The molecule has 1 aromatic heterocycles. The lowest BCUT2D eigenvalue weighted by Gasteiger charge is -2.33. The van der Waals surface area contributed by atoms with Gasteiger partial charge in [0.1, 0.15) is 18.5 Å². The molecule has 7 nitrogen and oxygen atoms in total. The number of nitrogens with one attached hydrogen (secondary N) is 2. The molecule has 3 aromatic rings. The fourth-order valence-electron chi connectivity index (χ4n) is 4.64. The summed E-state index contributed by atoms with van der Waals surface area (Å²) in [6.45, 7) is -0.0857. The maximum absolute atomic E-state index is 14.7. The zero-order chi connectivity index (χ0) is 28.2. The Morgan fingerprint density at radius 3 is 2.64 bits per heavy atom. The van der Waals surface area contributed by atoms with Crippen LogP contribution in [0.5, 0.6) is 5.75 Å². The normalized spacial score (nSPS) is 17.8. The van der Waals surface area contributed by atoms with Crippen LogP contribution >= 0.6 is 0 Å². The van der Waals surface area contributed by atoms with Gasteiger partial charge in [-0.25, -0.2) is 9.18 Å². The highest BCUT2D eigenvalue weighted by atomic mass is 19.4. The molecule has 2 aromatic carbocycles. The SMILES string of the molecule is COC(=O)c1ccc(NCC#Cc2cc3c(N[C@@H]4CCN(C)C[C@H]4F)cccc3n2CC(F)(F)F)c(OC)c1. The Morgan fingerprint density at radius 2 is 1.95 bits per heavy atom. The Labute approximate surface area is 224 Å². The van der Waals surface area contributed by atoms with Crippen molar-refractivity contribution in [3.8, 4) is 17.6 Å². The molecule has 11 heteroatoms. The lowest BCUT2D eigenvalue weighted by molar-refractivity contribution is -0.140. The molecule has 0 spiro atoms. The van der Waals surface area contributed by atoms with Crippen LogP contribution in [-0.4, -0.2) is 74.7 Å². The number of fused-ring (bicyclic) bond motifs is 1. The molecule has 0 bridgehead atoms. The molecule has 0 aliphatic carbocycles. The summed E-state index contributed by atoms with van der Waals surface area (Å²) in [6, 6.07) is 10.9. The van der Waals surface area contributed by atoms with Crippen molar-refractivity contribution in [3.05, 3.63) is 53.7 Å². The molecular formula is C28H30F4N4O3. The van der Waals surface area contributed by atoms with Crippen LogP contribution in [0.1, 0.15) is 22.5 Å². The molecule has 0 saturated carbocycles. The molecule has 1 fully saturated rings. The summed E-state index contributed by atoms with van der Waals surface area (Å²) < 4.78 is 66.3. The lowest BCUT2D eigenvalue weighted by Crippen LogP contribution is -2.46. The fourth-order valence-corrected chi connectivity index (χ4v) is 4.64. The number of piperidine rings is 1. The number of ether oxygens (including phenoxy) is 2. The van der Waals surface area contributed by atoms with Gasteiger partial charge in [0.2, 0.25) is 0 Å². The largest absolute Gasteiger partial charge is 0.495 e. The van der Waals surface area contributed by atoms with Gasteiger partial charge in [-0.05, 0) is 55.8 Å². The van der Waals surface area contributed by atoms with E-state index < -0.39 is 30.9 Å². The van der Waals surface area contributed by atoms with Crippen LogP contribution in [0.15, 0.2) is 42.5 Å². The van der Waals surface area contributed by atoms with Crippen LogP contribution in [0.4, 0.5) is 28.9 Å². The van der Waals surface area contributed by atoms with Crippen molar-refractivity contribution >= 4 is 28.2 Å². The minimum Gasteiger partial charge on any atom is -0.495 e. The van der Waals surface area contributed by atoms with E-state index in [0.29, 0.717) is 46.6 Å². The van der Waals surface area contributed by atoms with Crippen molar-refractivity contribution in [1.82, 2.24) is 9.47 Å². The monoisotopic (exact) mass is 546 g/mol. The quantitative estimate of drug-likeness (QED) is 0.249. The number of carbonyl (C=O) groups excluding carboxylic acids is 1. The lowest BCUT2D eigenvalue weighted by atomic mass is 10.0. The molecule has 2 atom stereocenters. The molecule has 2 heterocycles. The summed E-state index contributed by atoms with van der Waals surface area (Å²) in [5.74, 6) is 5.59. The number of halogens is 4. The molecule has 2 N–H and O–H groups in total.